The molecule has 3 aromatic rings. The molecule has 0 bridgehead atoms. The summed E-state index contributed by atoms with van der Waals surface area (Å²) in [5, 5.41) is 3.27. The van der Waals surface area contributed by atoms with Crippen LogP contribution >= 0.6 is 0 Å². The highest BCUT2D eigenvalue weighted by molar-refractivity contribution is 5.92. The Kier molecular flexibility index (Phi) is 4.34. The number of amides is 1. The minimum Gasteiger partial charge on any atom is -0.463 e. The fraction of sp³-hybridized carbons (Fsp3) is 0.0526. The summed E-state index contributed by atoms with van der Waals surface area (Å²) >= 11 is 0. The van der Waals surface area contributed by atoms with Crippen molar-refractivity contribution in [1.29, 1.82) is 0 Å². The second kappa shape index (κ2) is 6.75. The monoisotopic (exact) mass is 305 g/mol. The lowest BCUT2D eigenvalue weighted by molar-refractivity contribution is -0.116. The molecule has 0 atom stereocenters. The Labute approximate surface area is 133 Å². The summed E-state index contributed by atoms with van der Waals surface area (Å²) in [4.78, 5) is 24.1. The van der Waals surface area contributed by atoms with Gasteiger partial charge in [0.2, 0.25) is 5.91 Å². The van der Waals surface area contributed by atoms with E-state index < -0.39 is 0 Å². The smallest absolute Gasteiger partial charge is 0.244 e. The lowest BCUT2D eigenvalue weighted by atomic mass is 10.1. The van der Waals surface area contributed by atoms with Gasteiger partial charge in [0.05, 0.1) is 10.9 Å². The van der Waals surface area contributed by atoms with Crippen LogP contribution in [0.5, 0.6) is 0 Å². The molecule has 0 aliphatic rings. The van der Waals surface area contributed by atoms with Gasteiger partial charge in [-0.15, -0.1) is 0 Å². The van der Waals surface area contributed by atoms with Crippen molar-refractivity contribution < 1.29 is 9.21 Å². The van der Waals surface area contributed by atoms with Crippen molar-refractivity contribution in [2.75, 3.05) is 0 Å². The molecule has 1 heterocycles. The molecule has 3 rings (SSSR count). The number of hydrogen-bond acceptors (Lipinski definition) is 3. The van der Waals surface area contributed by atoms with E-state index in [4.69, 9.17) is 4.42 Å². The topological polar surface area (TPSA) is 59.3 Å². The molecule has 1 amide bonds. The van der Waals surface area contributed by atoms with Crippen molar-refractivity contribution in [3.8, 4) is 0 Å². The first-order valence-corrected chi connectivity index (χ1v) is 7.24. The van der Waals surface area contributed by atoms with Crippen LogP contribution in [0.1, 0.15) is 11.1 Å². The van der Waals surface area contributed by atoms with E-state index in [1.165, 1.54) is 18.4 Å². The molecule has 1 aromatic heterocycles. The maximum absolute atomic E-state index is 12.3. The van der Waals surface area contributed by atoms with Crippen LogP contribution in [0, 0.1) is 0 Å². The number of carbonyl (C=O) groups excluding carboxylic acids is 1. The Hall–Kier alpha value is -3.14. The second-order valence-corrected chi connectivity index (χ2v) is 5.05. The molecule has 0 radical (unpaired) electrons. The molecule has 23 heavy (non-hydrogen) atoms. The summed E-state index contributed by atoms with van der Waals surface area (Å²) in [5.74, 6) is -0.263. The maximum atomic E-state index is 12.3. The average molecular weight is 305 g/mol. The van der Waals surface area contributed by atoms with Gasteiger partial charge in [-0.2, -0.15) is 0 Å². The number of para-hydroxylation sites is 1. The van der Waals surface area contributed by atoms with Crippen LogP contribution in [-0.4, -0.2) is 5.91 Å². The van der Waals surface area contributed by atoms with Crippen molar-refractivity contribution in [2.45, 2.75) is 6.54 Å². The predicted molar refractivity (Wildman–Crippen MR) is 89.8 cm³/mol. The number of nitrogens with one attached hydrogen (secondary N) is 1. The van der Waals surface area contributed by atoms with Gasteiger partial charge in [-0.3, -0.25) is 9.59 Å². The molecule has 4 nitrogen and oxygen atoms in total. The highest BCUT2D eigenvalue weighted by Gasteiger charge is 2.04. The first-order valence-electron chi connectivity index (χ1n) is 7.24. The minimum atomic E-state index is -0.263. The Morgan fingerprint density at radius 3 is 2.61 bits per heavy atom. The van der Waals surface area contributed by atoms with Crippen LogP contribution in [0.3, 0.4) is 0 Å². The van der Waals surface area contributed by atoms with Gasteiger partial charge in [0.25, 0.3) is 0 Å². The third-order valence-electron chi connectivity index (χ3n) is 3.43. The van der Waals surface area contributed by atoms with E-state index in [0.717, 1.165) is 5.56 Å². The first kappa shape index (κ1) is 14.8. The van der Waals surface area contributed by atoms with E-state index in [9.17, 15) is 9.59 Å². The third kappa shape index (κ3) is 3.55. The maximum Gasteiger partial charge on any atom is 0.244 e. The Morgan fingerprint density at radius 2 is 1.78 bits per heavy atom. The number of benzene rings is 2. The fourth-order valence-corrected chi connectivity index (χ4v) is 2.22. The number of fused-ring (bicyclic) bond motifs is 1. The lowest BCUT2D eigenvalue weighted by Gasteiger charge is -2.02. The van der Waals surface area contributed by atoms with Crippen molar-refractivity contribution in [1.82, 2.24) is 5.32 Å². The zero-order valence-electron chi connectivity index (χ0n) is 12.4. The number of carbonyl (C=O) groups is 1. The summed E-state index contributed by atoms with van der Waals surface area (Å²) in [5.41, 5.74) is 1.74. The van der Waals surface area contributed by atoms with Crippen molar-refractivity contribution in [2.24, 2.45) is 0 Å². The first-order chi connectivity index (χ1) is 11.2. The van der Waals surface area contributed by atoms with Gasteiger partial charge in [-0.05, 0) is 23.8 Å². The largest absolute Gasteiger partial charge is 0.463 e. The van der Waals surface area contributed by atoms with Crippen LogP contribution in [0.2, 0.25) is 0 Å². The molecule has 0 saturated carbocycles. The molecule has 0 aliphatic heterocycles. The standard InChI is InChI=1S/C19H15NO3/c21-18(20-12-14-6-2-1-3-7-14)11-10-15-13-23-17-9-5-4-8-16(17)19(15)22/h1-11,13H,12H2,(H,20,21)/b11-10+. The van der Waals surface area contributed by atoms with E-state index in [2.05, 4.69) is 5.32 Å². The molecule has 0 fully saturated rings. The molecule has 1 N–H and O–H groups in total. The predicted octanol–water partition coefficient (Wildman–Crippen LogP) is 3.12. The Morgan fingerprint density at radius 1 is 1.04 bits per heavy atom. The van der Waals surface area contributed by atoms with Gasteiger partial charge in [0.1, 0.15) is 11.8 Å². The van der Waals surface area contributed by atoms with Crippen LogP contribution in [0.25, 0.3) is 17.0 Å². The van der Waals surface area contributed by atoms with Gasteiger partial charge in [0, 0.05) is 12.6 Å². The fourth-order valence-electron chi connectivity index (χ4n) is 2.22. The number of hydrogen-bond donors (Lipinski definition) is 1. The molecule has 0 unspecified atom stereocenters. The van der Waals surface area contributed by atoms with E-state index in [-0.39, 0.29) is 11.3 Å². The number of rotatable bonds is 4. The van der Waals surface area contributed by atoms with Gasteiger partial charge >= 0.3 is 0 Å². The summed E-state index contributed by atoms with van der Waals surface area (Å²) in [7, 11) is 0. The van der Waals surface area contributed by atoms with E-state index >= 15 is 0 Å². The van der Waals surface area contributed by atoms with Crippen LogP contribution in [0.15, 0.2) is 76.1 Å². The van der Waals surface area contributed by atoms with Crippen LogP contribution < -0.4 is 10.7 Å². The average Bonchev–Trinajstić information content (AvgIpc) is 2.60. The van der Waals surface area contributed by atoms with Gasteiger partial charge in [0.15, 0.2) is 5.43 Å². The molecule has 0 saturated heterocycles. The molecule has 0 aliphatic carbocycles. The summed E-state index contributed by atoms with van der Waals surface area (Å²) < 4.78 is 5.40. The zero-order valence-corrected chi connectivity index (χ0v) is 12.4. The second-order valence-electron chi connectivity index (χ2n) is 5.05. The van der Waals surface area contributed by atoms with Crippen molar-refractivity contribution >= 4 is 23.0 Å². The van der Waals surface area contributed by atoms with E-state index in [1.807, 2.05) is 30.3 Å². The third-order valence-corrected chi connectivity index (χ3v) is 3.43. The van der Waals surface area contributed by atoms with Crippen molar-refractivity contribution in [3.05, 3.63) is 88.3 Å². The van der Waals surface area contributed by atoms with Crippen LogP contribution in [0.4, 0.5) is 0 Å². The molecular weight excluding hydrogens is 290 g/mol. The highest BCUT2D eigenvalue weighted by atomic mass is 16.3. The van der Waals surface area contributed by atoms with Gasteiger partial charge < -0.3 is 9.73 Å². The Bertz CT molecular complexity index is 911. The van der Waals surface area contributed by atoms with Crippen molar-refractivity contribution in [3.63, 3.8) is 0 Å². The Balaban J connectivity index is 1.71. The SMILES string of the molecule is O=C(/C=C/c1coc2ccccc2c1=O)NCc1ccccc1. The van der Waals surface area contributed by atoms with E-state index in [1.54, 1.807) is 24.3 Å². The molecular formula is C19H15NO3. The summed E-state index contributed by atoms with van der Waals surface area (Å²) in [6.07, 6.45) is 4.17. The quantitative estimate of drug-likeness (QED) is 0.753. The summed E-state index contributed by atoms with van der Waals surface area (Å²) in [6.45, 7) is 0.441. The minimum absolute atomic E-state index is 0.154. The van der Waals surface area contributed by atoms with Gasteiger partial charge in [-0.25, -0.2) is 0 Å². The highest BCUT2D eigenvalue weighted by Crippen LogP contribution is 2.11. The lowest BCUT2D eigenvalue weighted by Crippen LogP contribution is -2.20. The van der Waals surface area contributed by atoms with Crippen LogP contribution in [-0.2, 0) is 11.3 Å². The zero-order chi connectivity index (χ0) is 16.1. The normalized spacial score (nSPS) is 11.0. The molecule has 4 heteroatoms. The van der Waals surface area contributed by atoms with Gasteiger partial charge in [-0.1, -0.05) is 42.5 Å². The molecule has 114 valence electrons. The molecule has 2 aromatic carbocycles. The van der Waals surface area contributed by atoms with E-state index in [0.29, 0.717) is 23.1 Å². The molecule has 0 spiro atoms. The summed E-state index contributed by atoms with van der Waals surface area (Å²) in [6, 6.07) is 16.6.